The van der Waals surface area contributed by atoms with Crippen LogP contribution in [-0.2, 0) is 22.5 Å². The van der Waals surface area contributed by atoms with Crippen molar-refractivity contribution in [3.8, 4) is 0 Å². The summed E-state index contributed by atoms with van der Waals surface area (Å²) in [5.74, 6) is -0.230. The van der Waals surface area contributed by atoms with Crippen LogP contribution in [0.15, 0.2) is 28.7 Å². The van der Waals surface area contributed by atoms with Gasteiger partial charge in [-0.15, -0.1) is 0 Å². The first kappa shape index (κ1) is 14.8. The van der Waals surface area contributed by atoms with Crippen molar-refractivity contribution < 1.29 is 9.53 Å². The van der Waals surface area contributed by atoms with E-state index in [1.807, 2.05) is 42.8 Å². The van der Waals surface area contributed by atoms with Gasteiger partial charge in [0.1, 0.15) is 0 Å². The Morgan fingerprint density at radius 3 is 2.50 bits per heavy atom. The first-order valence-electron chi connectivity index (χ1n) is 6.36. The highest BCUT2D eigenvalue weighted by Crippen LogP contribution is 2.21. The quantitative estimate of drug-likeness (QED) is 0.806. The van der Waals surface area contributed by atoms with Crippen LogP contribution in [0.1, 0.15) is 22.5 Å². The van der Waals surface area contributed by atoms with Crippen LogP contribution in [0, 0.1) is 13.8 Å². The Morgan fingerprint density at radius 2 is 1.95 bits per heavy atom. The highest BCUT2D eigenvalue weighted by molar-refractivity contribution is 9.10. The molecule has 4 nitrogen and oxygen atoms in total. The van der Waals surface area contributed by atoms with E-state index in [4.69, 9.17) is 4.74 Å². The van der Waals surface area contributed by atoms with Crippen LogP contribution in [0.5, 0.6) is 0 Å². The number of ether oxygens (including phenoxy) is 1. The Kier molecular flexibility index (Phi) is 4.60. The lowest BCUT2D eigenvalue weighted by molar-refractivity contribution is -0.139. The zero-order chi connectivity index (χ0) is 14.7. The summed E-state index contributed by atoms with van der Waals surface area (Å²) in [4.78, 5) is 11.5. The standard InChI is InChI=1S/C15H17BrN2O2/c1-10-15(16)11(2)18(17-10)9-13-7-5-4-6-12(13)8-14(19)20-3/h4-7H,8-9H2,1-3H3. The third-order valence-corrected chi connectivity index (χ3v) is 4.44. The molecule has 0 saturated heterocycles. The van der Waals surface area contributed by atoms with Gasteiger partial charge >= 0.3 is 5.97 Å². The van der Waals surface area contributed by atoms with Gasteiger partial charge in [-0.3, -0.25) is 9.48 Å². The highest BCUT2D eigenvalue weighted by Gasteiger charge is 2.12. The maximum atomic E-state index is 11.5. The summed E-state index contributed by atoms with van der Waals surface area (Å²) in [5, 5.41) is 4.50. The van der Waals surface area contributed by atoms with E-state index in [9.17, 15) is 4.79 Å². The third kappa shape index (κ3) is 3.10. The van der Waals surface area contributed by atoms with Gasteiger partial charge in [0.15, 0.2) is 0 Å². The monoisotopic (exact) mass is 336 g/mol. The molecule has 0 bridgehead atoms. The van der Waals surface area contributed by atoms with E-state index < -0.39 is 0 Å². The summed E-state index contributed by atoms with van der Waals surface area (Å²) in [7, 11) is 1.41. The van der Waals surface area contributed by atoms with Crippen molar-refractivity contribution in [2.75, 3.05) is 7.11 Å². The molecule has 5 heteroatoms. The second-order valence-corrected chi connectivity index (χ2v) is 5.46. The number of hydrogen-bond acceptors (Lipinski definition) is 3. The molecule has 0 saturated carbocycles. The normalized spacial score (nSPS) is 10.6. The average molecular weight is 337 g/mol. The molecule has 20 heavy (non-hydrogen) atoms. The van der Waals surface area contributed by atoms with Gasteiger partial charge < -0.3 is 4.74 Å². The number of benzene rings is 1. The zero-order valence-electron chi connectivity index (χ0n) is 11.8. The molecule has 0 atom stereocenters. The third-order valence-electron chi connectivity index (χ3n) is 3.29. The number of halogens is 1. The SMILES string of the molecule is COC(=O)Cc1ccccc1Cn1nc(C)c(Br)c1C. The van der Waals surface area contributed by atoms with Crippen molar-refractivity contribution in [2.24, 2.45) is 0 Å². The lowest BCUT2D eigenvalue weighted by atomic mass is 10.0. The van der Waals surface area contributed by atoms with Crippen molar-refractivity contribution in [1.82, 2.24) is 9.78 Å². The number of methoxy groups -OCH3 is 1. The molecular weight excluding hydrogens is 320 g/mol. The molecule has 0 aliphatic carbocycles. The van der Waals surface area contributed by atoms with Gasteiger partial charge in [0, 0.05) is 0 Å². The van der Waals surface area contributed by atoms with Gasteiger partial charge in [-0.25, -0.2) is 0 Å². The van der Waals surface area contributed by atoms with Crippen molar-refractivity contribution in [3.05, 3.63) is 51.3 Å². The van der Waals surface area contributed by atoms with E-state index in [-0.39, 0.29) is 12.4 Å². The molecule has 106 valence electrons. The lowest BCUT2D eigenvalue weighted by Crippen LogP contribution is -2.10. The van der Waals surface area contributed by atoms with Crippen molar-refractivity contribution in [2.45, 2.75) is 26.8 Å². The Morgan fingerprint density at radius 1 is 1.30 bits per heavy atom. The van der Waals surface area contributed by atoms with Crippen LogP contribution in [0.25, 0.3) is 0 Å². The molecule has 0 radical (unpaired) electrons. The van der Waals surface area contributed by atoms with Crippen LogP contribution in [0.4, 0.5) is 0 Å². The smallest absolute Gasteiger partial charge is 0.309 e. The Labute approximate surface area is 126 Å². The number of rotatable bonds is 4. The van der Waals surface area contributed by atoms with E-state index in [0.717, 1.165) is 27.0 Å². The second kappa shape index (κ2) is 6.22. The molecule has 0 unspecified atom stereocenters. The minimum Gasteiger partial charge on any atom is -0.469 e. The molecule has 0 aliphatic rings. The summed E-state index contributed by atoms with van der Waals surface area (Å²) in [6.45, 7) is 4.63. The molecule has 0 amide bonds. The predicted molar refractivity (Wildman–Crippen MR) is 80.7 cm³/mol. The van der Waals surface area contributed by atoms with Crippen molar-refractivity contribution >= 4 is 21.9 Å². The van der Waals surface area contributed by atoms with Crippen molar-refractivity contribution in [3.63, 3.8) is 0 Å². The first-order valence-corrected chi connectivity index (χ1v) is 7.15. The summed E-state index contributed by atoms with van der Waals surface area (Å²) < 4.78 is 7.71. The van der Waals surface area contributed by atoms with E-state index in [2.05, 4.69) is 21.0 Å². The summed E-state index contributed by atoms with van der Waals surface area (Å²) >= 11 is 3.53. The zero-order valence-corrected chi connectivity index (χ0v) is 13.4. The maximum Gasteiger partial charge on any atom is 0.309 e. The number of aromatic nitrogens is 2. The van der Waals surface area contributed by atoms with Crippen LogP contribution in [0.3, 0.4) is 0 Å². The molecule has 1 aromatic heterocycles. The van der Waals surface area contributed by atoms with Crippen LogP contribution in [-0.4, -0.2) is 22.9 Å². The highest BCUT2D eigenvalue weighted by atomic mass is 79.9. The Balaban J connectivity index is 2.29. The fourth-order valence-electron chi connectivity index (χ4n) is 2.10. The van der Waals surface area contributed by atoms with E-state index in [0.29, 0.717) is 6.54 Å². The minimum absolute atomic E-state index is 0.230. The average Bonchev–Trinajstić information content (AvgIpc) is 2.68. The Bertz CT molecular complexity index is 635. The van der Waals surface area contributed by atoms with Crippen LogP contribution >= 0.6 is 15.9 Å². The van der Waals surface area contributed by atoms with Gasteiger partial charge in [0.05, 0.1) is 35.9 Å². The number of carbonyl (C=O) groups is 1. The Hall–Kier alpha value is -1.62. The second-order valence-electron chi connectivity index (χ2n) is 4.66. The van der Waals surface area contributed by atoms with Crippen LogP contribution < -0.4 is 0 Å². The molecule has 0 aliphatic heterocycles. The van der Waals surface area contributed by atoms with E-state index >= 15 is 0 Å². The van der Waals surface area contributed by atoms with Crippen molar-refractivity contribution in [1.29, 1.82) is 0 Å². The minimum atomic E-state index is -0.230. The number of hydrogen-bond donors (Lipinski definition) is 0. The van der Waals surface area contributed by atoms with Gasteiger partial charge in [-0.1, -0.05) is 24.3 Å². The van der Waals surface area contributed by atoms with Gasteiger partial charge in [0.25, 0.3) is 0 Å². The first-order chi connectivity index (χ1) is 9.52. The molecule has 0 spiro atoms. The predicted octanol–water partition coefficient (Wildman–Crippen LogP) is 3.03. The molecule has 2 rings (SSSR count). The fraction of sp³-hybridized carbons (Fsp3) is 0.333. The molecule has 1 aromatic carbocycles. The lowest BCUT2D eigenvalue weighted by Gasteiger charge is -2.10. The molecule has 0 fully saturated rings. The summed E-state index contributed by atoms with van der Waals surface area (Å²) in [5.41, 5.74) is 4.10. The summed E-state index contributed by atoms with van der Waals surface area (Å²) in [6.07, 6.45) is 0.285. The van der Waals surface area contributed by atoms with E-state index in [1.54, 1.807) is 0 Å². The fourth-order valence-corrected chi connectivity index (χ4v) is 2.39. The van der Waals surface area contributed by atoms with Gasteiger partial charge in [-0.05, 0) is 40.9 Å². The van der Waals surface area contributed by atoms with Gasteiger partial charge in [0.2, 0.25) is 0 Å². The molecule has 1 heterocycles. The maximum absolute atomic E-state index is 11.5. The molecular formula is C15H17BrN2O2. The number of esters is 1. The van der Waals surface area contributed by atoms with Crippen LogP contribution in [0.2, 0.25) is 0 Å². The largest absolute Gasteiger partial charge is 0.469 e. The molecule has 2 aromatic rings. The number of carbonyl (C=O) groups excluding carboxylic acids is 1. The summed E-state index contributed by atoms with van der Waals surface area (Å²) in [6, 6.07) is 7.87. The number of nitrogens with zero attached hydrogens (tertiary/aromatic N) is 2. The van der Waals surface area contributed by atoms with Gasteiger partial charge in [-0.2, -0.15) is 5.10 Å². The topological polar surface area (TPSA) is 44.1 Å². The van der Waals surface area contributed by atoms with E-state index in [1.165, 1.54) is 7.11 Å². The molecule has 0 N–H and O–H groups in total. The number of aryl methyl sites for hydroxylation is 1.